The molecule has 0 heteroatoms. The second-order valence-electron chi connectivity index (χ2n) is 3.21. The highest BCUT2D eigenvalue weighted by atomic mass is 14.6. The lowest BCUT2D eigenvalue weighted by Crippen LogP contribution is -1.51. The second-order valence-corrected chi connectivity index (χ2v) is 3.21. The largest absolute Gasteiger partial charge is 0.106 e. The van der Waals surface area contributed by atoms with E-state index in [0.29, 0.717) is 0 Å². The molecule has 0 atom stereocenters. The Bertz CT molecular complexity index is 62.5. The molecule has 60 valence electrons. The summed E-state index contributed by atoms with van der Waals surface area (Å²) in [5, 5.41) is 0. The molecule has 0 aromatic carbocycles. The van der Waals surface area contributed by atoms with Gasteiger partial charge in [-0.15, -0.1) is 13.2 Å². The fourth-order valence-electron chi connectivity index (χ4n) is 0.854. The molecule has 0 radical (unpaired) electrons. The van der Waals surface area contributed by atoms with Gasteiger partial charge >= 0.3 is 0 Å². The Morgan fingerprint density at radius 3 is 1.20 bits per heavy atom. The molecule has 0 nitrogen and oxygen atoms in total. The van der Waals surface area contributed by atoms with Crippen LogP contribution in [0.25, 0.3) is 0 Å². The van der Waals surface area contributed by atoms with Crippen LogP contribution in [0, 0.1) is 5.41 Å². The van der Waals surface area contributed by atoms with Gasteiger partial charge in [0.1, 0.15) is 0 Å². The Morgan fingerprint density at radius 2 is 1.20 bits per heavy atom. The Hall–Kier alpha value is -0.260. The second kappa shape index (κ2) is 4.54. The van der Waals surface area contributed by atoms with Gasteiger partial charge in [-0.05, 0) is 31.1 Å². The van der Waals surface area contributed by atoms with E-state index in [1.165, 1.54) is 6.42 Å². The van der Waals surface area contributed by atoms with Crippen LogP contribution in [0.1, 0.15) is 46.0 Å². The van der Waals surface area contributed by atoms with E-state index in [1.54, 1.807) is 25.7 Å². The summed E-state index contributed by atoms with van der Waals surface area (Å²) in [5.41, 5.74) is 1.00. The zero-order chi connectivity index (χ0) is 8.04. The summed E-state index contributed by atoms with van der Waals surface area (Å²) in [5.74, 6) is 0. The molecule has 2 fully saturated rings. The van der Waals surface area contributed by atoms with Crippen LogP contribution in [0.15, 0.2) is 13.2 Å². The van der Waals surface area contributed by atoms with E-state index in [2.05, 4.69) is 27.0 Å². The van der Waals surface area contributed by atoms with Gasteiger partial charge in [-0.2, -0.15) is 0 Å². The van der Waals surface area contributed by atoms with Gasteiger partial charge in [0.25, 0.3) is 0 Å². The van der Waals surface area contributed by atoms with Crippen LogP contribution in [0.5, 0.6) is 0 Å². The van der Waals surface area contributed by atoms with E-state index in [0.717, 1.165) is 5.41 Å². The Balaban J connectivity index is 0.000000145. The van der Waals surface area contributed by atoms with Gasteiger partial charge in [-0.1, -0.05) is 20.3 Å². The average molecular weight is 140 g/mol. The Morgan fingerprint density at radius 1 is 1.00 bits per heavy atom. The minimum atomic E-state index is 1.00. The maximum absolute atomic E-state index is 3.00. The van der Waals surface area contributed by atoms with Crippen LogP contribution in [0.2, 0.25) is 0 Å². The van der Waals surface area contributed by atoms with Crippen molar-refractivity contribution in [2.24, 2.45) is 5.41 Å². The lowest BCUT2D eigenvalue weighted by atomic mass is 10.5. The van der Waals surface area contributed by atoms with Crippen molar-refractivity contribution in [1.29, 1.82) is 0 Å². The van der Waals surface area contributed by atoms with Crippen LogP contribution < -0.4 is 0 Å². The molecule has 2 aliphatic carbocycles. The van der Waals surface area contributed by atoms with Crippen molar-refractivity contribution in [2.75, 3.05) is 0 Å². The lowest BCUT2D eigenvalue weighted by molar-refractivity contribution is 0.898. The van der Waals surface area contributed by atoms with Crippen molar-refractivity contribution in [1.82, 2.24) is 0 Å². The minimum absolute atomic E-state index is 1.00. The van der Waals surface area contributed by atoms with E-state index in [1.807, 2.05) is 0 Å². The normalized spacial score (nSPS) is 21.4. The summed E-state index contributed by atoms with van der Waals surface area (Å²) in [7, 11) is 0. The first-order valence-electron chi connectivity index (χ1n) is 4.33. The lowest BCUT2D eigenvalue weighted by Gasteiger charge is -1.60. The van der Waals surface area contributed by atoms with Crippen LogP contribution in [0.4, 0.5) is 0 Å². The van der Waals surface area contributed by atoms with Gasteiger partial charge in [0.15, 0.2) is 0 Å². The molecule has 2 saturated carbocycles. The predicted molar refractivity (Wildman–Crippen MR) is 48.1 cm³/mol. The van der Waals surface area contributed by atoms with Gasteiger partial charge in [0.05, 0.1) is 0 Å². The van der Waals surface area contributed by atoms with Gasteiger partial charge in [-0.3, -0.25) is 0 Å². The van der Waals surface area contributed by atoms with Crippen molar-refractivity contribution in [3.63, 3.8) is 0 Å². The average Bonchev–Trinajstić information content (AvgIpc) is 2.83. The first kappa shape index (κ1) is 9.74. The summed E-state index contributed by atoms with van der Waals surface area (Å²) in [6, 6.07) is 0. The SMILES string of the molecule is C1CC12CC2.C=C.CCC. The maximum atomic E-state index is 3.00. The third-order valence-electron chi connectivity index (χ3n) is 1.91. The zero-order valence-corrected chi connectivity index (χ0v) is 7.45. The molecule has 0 saturated heterocycles. The highest BCUT2D eigenvalue weighted by Crippen LogP contribution is 2.65. The highest BCUT2D eigenvalue weighted by molar-refractivity contribution is 5.04. The van der Waals surface area contributed by atoms with Crippen molar-refractivity contribution in [2.45, 2.75) is 46.0 Å². The van der Waals surface area contributed by atoms with E-state index in [4.69, 9.17) is 0 Å². The summed E-state index contributed by atoms with van der Waals surface area (Å²) in [6.45, 7) is 10.2. The molecule has 0 bridgehead atoms. The smallest absolute Gasteiger partial charge is 0.0297 e. The summed E-state index contributed by atoms with van der Waals surface area (Å²) < 4.78 is 0. The van der Waals surface area contributed by atoms with Crippen molar-refractivity contribution in [3.8, 4) is 0 Å². The number of rotatable bonds is 0. The highest BCUT2D eigenvalue weighted by Gasteiger charge is 2.52. The molecule has 0 aliphatic heterocycles. The van der Waals surface area contributed by atoms with Crippen LogP contribution >= 0.6 is 0 Å². The van der Waals surface area contributed by atoms with E-state index in [9.17, 15) is 0 Å². The van der Waals surface area contributed by atoms with Crippen molar-refractivity contribution < 1.29 is 0 Å². The number of hydrogen-bond acceptors (Lipinski definition) is 0. The molecule has 1 spiro atoms. The Kier molecular flexibility index (Phi) is 4.42. The molecule has 0 N–H and O–H groups in total. The Labute approximate surface area is 65.3 Å². The molecule has 2 rings (SSSR count). The molecule has 0 aromatic rings. The fraction of sp³-hybridized carbons (Fsp3) is 0.800. The van der Waals surface area contributed by atoms with Crippen molar-refractivity contribution >= 4 is 0 Å². The van der Waals surface area contributed by atoms with Crippen molar-refractivity contribution in [3.05, 3.63) is 13.2 Å². The molecular weight excluding hydrogens is 120 g/mol. The molecule has 0 unspecified atom stereocenters. The van der Waals surface area contributed by atoms with Gasteiger partial charge in [-0.25, -0.2) is 0 Å². The monoisotopic (exact) mass is 140 g/mol. The quantitative estimate of drug-likeness (QED) is 0.449. The van der Waals surface area contributed by atoms with Gasteiger partial charge in [0.2, 0.25) is 0 Å². The summed E-state index contributed by atoms with van der Waals surface area (Å²) >= 11 is 0. The minimum Gasteiger partial charge on any atom is -0.106 e. The fourth-order valence-corrected chi connectivity index (χ4v) is 0.854. The van der Waals surface area contributed by atoms with Crippen LogP contribution in [-0.2, 0) is 0 Å². The molecule has 0 aromatic heterocycles. The molecular formula is C10H20. The van der Waals surface area contributed by atoms with Crippen LogP contribution in [0.3, 0.4) is 0 Å². The maximum Gasteiger partial charge on any atom is -0.0297 e. The number of hydrogen-bond donors (Lipinski definition) is 0. The van der Waals surface area contributed by atoms with E-state index in [-0.39, 0.29) is 0 Å². The molecule has 0 amide bonds. The summed E-state index contributed by atoms with van der Waals surface area (Å²) in [6.07, 6.45) is 7.50. The topological polar surface area (TPSA) is 0 Å². The third kappa shape index (κ3) is 3.71. The standard InChI is InChI=1S/C5H8.C3H8.C2H4/c1-2-5(1)3-4-5;1-3-2;1-2/h1-4H2;3H2,1-2H3;1-2H2. The molecule has 10 heavy (non-hydrogen) atoms. The van der Waals surface area contributed by atoms with E-state index < -0.39 is 0 Å². The summed E-state index contributed by atoms with van der Waals surface area (Å²) in [4.78, 5) is 0. The van der Waals surface area contributed by atoms with E-state index >= 15 is 0 Å². The van der Waals surface area contributed by atoms with Gasteiger partial charge in [0, 0.05) is 0 Å². The zero-order valence-electron chi connectivity index (χ0n) is 7.45. The predicted octanol–water partition coefficient (Wildman–Crippen LogP) is 3.78. The molecule has 0 heterocycles. The third-order valence-corrected chi connectivity index (χ3v) is 1.91. The molecule has 2 aliphatic rings. The first-order valence-corrected chi connectivity index (χ1v) is 4.33. The van der Waals surface area contributed by atoms with Crippen LogP contribution in [-0.4, -0.2) is 0 Å². The first-order chi connectivity index (χ1) is 4.83. The van der Waals surface area contributed by atoms with Gasteiger partial charge < -0.3 is 0 Å².